The molecule has 1 aliphatic carbocycles. The second-order valence-corrected chi connectivity index (χ2v) is 7.70. The zero-order valence-electron chi connectivity index (χ0n) is 17.7. The summed E-state index contributed by atoms with van der Waals surface area (Å²) in [7, 11) is 0. The zero-order valence-corrected chi connectivity index (χ0v) is 17.7. The number of rotatable bonds is 8. The van der Waals surface area contributed by atoms with E-state index in [1.807, 2.05) is 12.1 Å². The summed E-state index contributed by atoms with van der Waals surface area (Å²) in [6, 6.07) is 20.9. The van der Waals surface area contributed by atoms with Gasteiger partial charge < -0.3 is 0 Å². The predicted octanol–water partition coefficient (Wildman–Crippen LogP) is 6.22. The Bertz CT molecular complexity index is 755. The largest absolute Gasteiger partial charge is 0.297 e. The number of nitrogens with zero attached hydrogens (tertiary/aromatic N) is 2. The summed E-state index contributed by atoms with van der Waals surface area (Å²) in [4.78, 5) is 2.49. The van der Waals surface area contributed by atoms with Crippen molar-refractivity contribution in [3.63, 3.8) is 0 Å². The third-order valence-electron chi connectivity index (χ3n) is 5.73. The van der Waals surface area contributed by atoms with Crippen LogP contribution in [0.3, 0.4) is 0 Å². The van der Waals surface area contributed by atoms with Crippen LogP contribution in [0.2, 0.25) is 0 Å². The van der Waals surface area contributed by atoms with Gasteiger partial charge in [0.05, 0.1) is 6.07 Å². The van der Waals surface area contributed by atoms with Gasteiger partial charge in [-0.05, 0) is 49.4 Å². The molecule has 0 aromatic heterocycles. The highest BCUT2D eigenvalue weighted by Gasteiger charge is 2.42. The maximum atomic E-state index is 13.5. The molecule has 2 aromatic carbocycles. The van der Waals surface area contributed by atoms with Gasteiger partial charge in [0.2, 0.25) is 0 Å². The van der Waals surface area contributed by atoms with Gasteiger partial charge in [0, 0.05) is 25.4 Å². The van der Waals surface area contributed by atoms with Gasteiger partial charge in [-0.2, -0.15) is 5.26 Å². The molecular weight excluding hydrogens is 366 g/mol. The number of hydrogen-bond donors (Lipinski definition) is 0. The summed E-state index contributed by atoms with van der Waals surface area (Å²) in [5.74, 6) is -0.251. The molecule has 2 aromatic rings. The van der Waals surface area contributed by atoms with Gasteiger partial charge in [-0.3, -0.25) is 4.90 Å². The van der Waals surface area contributed by atoms with Crippen molar-refractivity contribution in [3.05, 3.63) is 71.3 Å². The molecule has 2 nitrogen and oxygen atoms in total. The molecule has 0 heterocycles. The Balaban J connectivity index is 0.000000941. The summed E-state index contributed by atoms with van der Waals surface area (Å²) in [5.41, 5.74) is 3.54. The van der Waals surface area contributed by atoms with Crippen LogP contribution in [0.4, 0.5) is 8.78 Å². The molecular formula is C25H32F2N2. The number of hydrogen-bond acceptors (Lipinski definition) is 2. The van der Waals surface area contributed by atoms with Crippen LogP contribution >= 0.6 is 0 Å². The monoisotopic (exact) mass is 398 g/mol. The van der Waals surface area contributed by atoms with Gasteiger partial charge >= 0.3 is 0 Å². The molecule has 3 rings (SSSR count). The van der Waals surface area contributed by atoms with Crippen LogP contribution < -0.4 is 0 Å². The first-order valence-electron chi connectivity index (χ1n) is 10.5. The van der Waals surface area contributed by atoms with Gasteiger partial charge in [-0.25, -0.2) is 8.78 Å². The van der Waals surface area contributed by atoms with Crippen LogP contribution in [-0.2, 0) is 13.0 Å². The van der Waals surface area contributed by atoms with Crippen molar-refractivity contribution in [1.29, 1.82) is 5.26 Å². The average molecular weight is 399 g/mol. The van der Waals surface area contributed by atoms with Gasteiger partial charge in [-0.15, -0.1) is 0 Å². The van der Waals surface area contributed by atoms with Crippen LogP contribution in [0, 0.1) is 11.3 Å². The van der Waals surface area contributed by atoms with Crippen molar-refractivity contribution in [2.75, 3.05) is 6.54 Å². The van der Waals surface area contributed by atoms with E-state index in [0.29, 0.717) is 12.5 Å². The van der Waals surface area contributed by atoms with Crippen molar-refractivity contribution in [1.82, 2.24) is 4.90 Å². The molecule has 0 saturated heterocycles. The van der Waals surface area contributed by atoms with E-state index in [1.54, 1.807) is 6.07 Å². The lowest BCUT2D eigenvalue weighted by atomic mass is 9.76. The molecule has 0 radical (unpaired) electrons. The van der Waals surface area contributed by atoms with Crippen LogP contribution in [0.15, 0.2) is 54.6 Å². The molecule has 4 unspecified atom stereocenters. The normalized spacial score (nSPS) is 21.5. The molecule has 1 aliphatic rings. The third-order valence-corrected chi connectivity index (χ3v) is 5.73. The van der Waals surface area contributed by atoms with E-state index in [4.69, 9.17) is 5.26 Å². The van der Waals surface area contributed by atoms with E-state index in [-0.39, 0.29) is 5.92 Å². The topological polar surface area (TPSA) is 27.0 Å². The Hall–Kier alpha value is -2.25. The second-order valence-electron chi connectivity index (χ2n) is 7.70. The molecule has 0 spiro atoms. The van der Waals surface area contributed by atoms with E-state index in [1.165, 1.54) is 18.1 Å². The predicted molar refractivity (Wildman–Crippen MR) is 115 cm³/mol. The fraction of sp³-hybridized carbons (Fsp3) is 0.480. The lowest BCUT2D eigenvalue weighted by Gasteiger charge is -2.34. The van der Waals surface area contributed by atoms with Gasteiger partial charge in [0.1, 0.15) is 12.3 Å². The standard InChI is InChI=1S/C23H29F2N.C2H3N/c1-3-26(16-19-7-5-4-6-8-19)17(2)9-10-18-11-13-20(14-12-18)21-15-22(24)23(21)25;1-2-3/h4-8,11-14,17,21-23H,3,9-10,15-16H2,1-2H3;1H3. The van der Waals surface area contributed by atoms with E-state index >= 15 is 0 Å². The first-order valence-corrected chi connectivity index (χ1v) is 10.5. The summed E-state index contributed by atoms with van der Waals surface area (Å²) in [6.45, 7) is 7.92. The van der Waals surface area contributed by atoms with Gasteiger partial charge in [0.15, 0.2) is 0 Å². The summed E-state index contributed by atoms with van der Waals surface area (Å²) in [6.07, 6.45) is -0.186. The Morgan fingerprint density at radius 1 is 1.07 bits per heavy atom. The summed E-state index contributed by atoms with van der Waals surface area (Å²) in [5, 5.41) is 7.32. The fourth-order valence-electron chi connectivity index (χ4n) is 3.77. The third kappa shape index (κ3) is 6.65. The molecule has 0 N–H and O–H groups in total. The van der Waals surface area contributed by atoms with Crippen molar-refractivity contribution in [2.24, 2.45) is 0 Å². The Morgan fingerprint density at radius 2 is 1.69 bits per heavy atom. The second kappa shape index (κ2) is 11.7. The first kappa shape index (κ1) is 23.0. The molecule has 1 saturated carbocycles. The highest BCUT2D eigenvalue weighted by molar-refractivity contribution is 5.29. The molecule has 0 aliphatic heterocycles. The number of benzene rings is 2. The molecule has 4 atom stereocenters. The smallest absolute Gasteiger partial charge is 0.138 e. The van der Waals surface area contributed by atoms with Crippen LogP contribution in [0.25, 0.3) is 0 Å². The lowest BCUT2D eigenvalue weighted by molar-refractivity contribution is 0.0428. The SMILES string of the molecule is CC#N.CCN(Cc1ccccc1)C(C)CCc1ccc(C2CC(F)C2F)cc1. The highest BCUT2D eigenvalue weighted by Crippen LogP contribution is 2.41. The van der Waals surface area contributed by atoms with Crippen LogP contribution in [0.5, 0.6) is 0 Å². The van der Waals surface area contributed by atoms with Crippen molar-refractivity contribution in [3.8, 4) is 6.07 Å². The van der Waals surface area contributed by atoms with E-state index < -0.39 is 12.3 Å². The number of aryl methyl sites for hydroxylation is 1. The molecule has 0 bridgehead atoms. The van der Waals surface area contributed by atoms with Crippen molar-refractivity contribution in [2.45, 2.75) is 70.9 Å². The highest BCUT2D eigenvalue weighted by atomic mass is 19.2. The molecule has 156 valence electrons. The Morgan fingerprint density at radius 3 is 2.21 bits per heavy atom. The number of halogens is 2. The zero-order chi connectivity index (χ0) is 21.2. The molecule has 0 amide bonds. The number of alkyl halides is 2. The minimum atomic E-state index is -1.32. The first-order chi connectivity index (χ1) is 14.0. The Labute approximate surface area is 174 Å². The quantitative estimate of drug-likeness (QED) is 0.527. The minimum absolute atomic E-state index is 0.251. The number of nitriles is 1. The van der Waals surface area contributed by atoms with Gasteiger partial charge in [0.25, 0.3) is 0 Å². The summed E-state index contributed by atoms with van der Waals surface area (Å²) >= 11 is 0. The maximum absolute atomic E-state index is 13.5. The van der Waals surface area contributed by atoms with Gasteiger partial charge in [-0.1, -0.05) is 61.5 Å². The molecule has 4 heteroatoms. The van der Waals surface area contributed by atoms with Crippen LogP contribution in [-0.4, -0.2) is 29.8 Å². The van der Waals surface area contributed by atoms with Crippen LogP contribution in [0.1, 0.15) is 56.2 Å². The Kier molecular flexibility index (Phi) is 9.28. The van der Waals surface area contributed by atoms with Crippen molar-refractivity contribution < 1.29 is 8.78 Å². The molecule has 29 heavy (non-hydrogen) atoms. The summed E-state index contributed by atoms with van der Waals surface area (Å²) < 4.78 is 26.6. The average Bonchev–Trinajstić information content (AvgIpc) is 2.75. The fourth-order valence-corrected chi connectivity index (χ4v) is 3.77. The van der Waals surface area contributed by atoms with Crippen molar-refractivity contribution >= 4 is 0 Å². The lowest BCUT2D eigenvalue weighted by Crippen LogP contribution is -2.38. The van der Waals surface area contributed by atoms with E-state index in [0.717, 1.165) is 31.5 Å². The molecule has 1 fully saturated rings. The minimum Gasteiger partial charge on any atom is -0.297 e. The van der Waals surface area contributed by atoms with E-state index in [9.17, 15) is 8.78 Å². The maximum Gasteiger partial charge on any atom is 0.138 e. The van der Waals surface area contributed by atoms with E-state index in [2.05, 4.69) is 61.2 Å².